The van der Waals surface area contributed by atoms with Gasteiger partial charge in [-0.05, 0) is 49.3 Å². The zero-order valence-corrected chi connectivity index (χ0v) is 11.7. The molecule has 1 fully saturated rings. The van der Waals surface area contributed by atoms with Gasteiger partial charge < -0.3 is 10.5 Å². The van der Waals surface area contributed by atoms with Crippen molar-refractivity contribution in [1.82, 2.24) is 0 Å². The van der Waals surface area contributed by atoms with Crippen molar-refractivity contribution < 1.29 is 4.74 Å². The van der Waals surface area contributed by atoms with Crippen LogP contribution in [-0.4, -0.2) is 7.11 Å². The van der Waals surface area contributed by atoms with Crippen LogP contribution in [0.3, 0.4) is 0 Å². The molecule has 0 saturated heterocycles. The molecule has 1 unspecified atom stereocenters. The van der Waals surface area contributed by atoms with Crippen LogP contribution < -0.4 is 10.5 Å². The Morgan fingerprint density at radius 2 is 2.00 bits per heavy atom. The van der Waals surface area contributed by atoms with Gasteiger partial charge in [0.05, 0.1) is 7.11 Å². The van der Waals surface area contributed by atoms with E-state index < -0.39 is 0 Å². The number of benzene rings is 1. The van der Waals surface area contributed by atoms with Gasteiger partial charge >= 0.3 is 0 Å². The van der Waals surface area contributed by atoms with Crippen LogP contribution in [0.4, 0.5) is 0 Å². The number of halogens is 1. The van der Waals surface area contributed by atoms with Crippen molar-refractivity contribution in [2.75, 3.05) is 7.11 Å². The molecule has 17 heavy (non-hydrogen) atoms. The molecule has 94 valence electrons. The van der Waals surface area contributed by atoms with Gasteiger partial charge in [-0.2, -0.15) is 0 Å². The maximum absolute atomic E-state index is 6.39. The number of rotatable bonds is 3. The van der Waals surface area contributed by atoms with E-state index in [1.165, 1.54) is 12.8 Å². The highest BCUT2D eigenvalue weighted by atomic mass is 35.5. The average molecular weight is 254 g/mol. The quantitative estimate of drug-likeness (QED) is 0.890. The first-order valence-electron chi connectivity index (χ1n) is 6.00. The topological polar surface area (TPSA) is 35.2 Å². The summed E-state index contributed by atoms with van der Waals surface area (Å²) in [4.78, 5) is 0. The van der Waals surface area contributed by atoms with Crippen molar-refractivity contribution >= 4 is 11.6 Å². The van der Waals surface area contributed by atoms with Crippen LogP contribution in [0.2, 0.25) is 5.02 Å². The summed E-state index contributed by atoms with van der Waals surface area (Å²) in [6.45, 7) is 6.25. The maximum atomic E-state index is 6.39. The maximum Gasteiger partial charge on any atom is 0.124 e. The van der Waals surface area contributed by atoms with Gasteiger partial charge in [0.1, 0.15) is 5.75 Å². The minimum Gasteiger partial charge on any atom is -0.496 e. The molecular weight excluding hydrogens is 234 g/mol. The molecule has 0 spiro atoms. The van der Waals surface area contributed by atoms with Gasteiger partial charge in [0.25, 0.3) is 0 Å². The fourth-order valence-electron chi connectivity index (χ4n) is 2.35. The van der Waals surface area contributed by atoms with Crippen LogP contribution in [0, 0.1) is 19.3 Å². The van der Waals surface area contributed by atoms with E-state index in [-0.39, 0.29) is 11.5 Å². The molecule has 2 N–H and O–H groups in total. The molecule has 2 nitrogen and oxygen atoms in total. The number of ether oxygens (including phenoxy) is 1. The first-order valence-corrected chi connectivity index (χ1v) is 6.37. The zero-order valence-electron chi connectivity index (χ0n) is 10.9. The highest BCUT2D eigenvalue weighted by Crippen LogP contribution is 2.55. The van der Waals surface area contributed by atoms with E-state index in [0.29, 0.717) is 0 Å². The van der Waals surface area contributed by atoms with E-state index in [4.69, 9.17) is 22.1 Å². The molecular formula is C14H20ClNO. The van der Waals surface area contributed by atoms with E-state index in [1.807, 2.05) is 19.9 Å². The summed E-state index contributed by atoms with van der Waals surface area (Å²) in [5.41, 5.74) is 9.78. The summed E-state index contributed by atoms with van der Waals surface area (Å²) in [7, 11) is 1.69. The summed E-state index contributed by atoms with van der Waals surface area (Å²) in [5, 5.41) is 0.806. The Morgan fingerprint density at radius 1 is 1.41 bits per heavy atom. The molecule has 1 aromatic rings. The number of nitrogens with two attached hydrogens (primary N) is 1. The Bertz CT molecular complexity index is 452. The highest BCUT2D eigenvalue weighted by molar-refractivity contribution is 6.32. The molecule has 1 aromatic carbocycles. The Labute approximate surface area is 108 Å². The molecule has 0 heterocycles. The van der Waals surface area contributed by atoms with Gasteiger partial charge in [0.2, 0.25) is 0 Å². The van der Waals surface area contributed by atoms with E-state index in [2.05, 4.69) is 6.92 Å². The second-order valence-corrected chi connectivity index (χ2v) is 5.76. The predicted octanol–water partition coefficient (Wildman–Crippen LogP) is 3.77. The SMILES string of the molecule is COc1cc(C)c(Cl)c(C)c1C(N)C1(C)CC1. The molecule has 1 atom stereocenters. The second-order valence-electron chi connectivity index (χ2n) is 5.38. The number of methoxy groups -OCH3 is 1. The van der Waals surface area contributed by atoms with E-state index in [1.54, 1.807) is 7.11 Å². The van der Waals surface area contributed by atoms with Crippen molar-refractivity contribution in [2.24, 2.45) is 11.1 Å². The lowest BCUT2D eigenvalue weighted by molar-refractivity contribution is 0.383. The molecule has 3 heteroatoms. The van der Waals surface area contributed by atoms with Crippen molar-refractivity contribution in [1.29, 1.82) is 0 Å². The van der Waals surface area contributed by atoms with Gasteiger partial charge in [0, 0.05) is 16.6 Å². The monoisotopic (exact) mass is 253 g/mol. The molecule has 1 aliphatic carbocycles. The predicted molar refractivity (Wildman–Crippen MR) is 71.7 cm³/mol. The third-order valence-electron chi connectivity index (χ3n) is 4.01. The van der Waals surface area contributed by atoms with Crippen molar-refractivity contribution in [3.63, 3.8) is 0 Å². The minimum atomic E-state index is 0.00977. The largest absolute Gasteiger partial charge is 0.496 e. The number of hydrogen-bond donors (Lipinski definition) is 1. The molecule has 2 rings (SSSR count). The lowest BCUT2D eigenvalue weighted by Gasteiger charge is -2.25. The summed E-state index contributed by atoms with van der Waals surface area (Å²) >= 11 is 6.32. The zero-order chi connectivity index (χ0) is 12.8. The molecule has 0 bridgehead atoms. The van der Waals surface area contributed by atoms with Crippen LogP contribution in [0.5, 0.6) is 5.75 Å². The number of hydrogen-bond acceptors (Lipinski definition) is 2. The Kier molecular flexibility index (Phi) is 3.13. The van der Waals surface area contributed by atoms with Gasteiger partial charge in [-0.15, -0.1) is 0 Å². The van der Waals surface area contributed by atoms with E-state index in [9.17, 15) is 0 Å². The molecule has 0 radical (unpaired) electrons. The highest BCUT2D eigenvalue weighted by Gasteiger charge is 2.45. The van der Waals surface area contributed by atoms with Crippen molar-refractivity contribution in [2.45, 2.75) is 39.7 Å². The third-order valence-corrected chi connectivity index (χ3v) is 4.59. The Balaban J connectivity index is 2.55. The Morgan fingerprint density at radius 3 is 2.47 bits per heavy atom. The molecule has 0 amide bonds. The second kappa shape index (κ2) is 4.18. The van der Waals surface area contributed by atoms with E-state index >= 15 is 0 Å². The fraction of sp³-hybridized carbons (Fsp3) is 0.571. The van der Waals surface area contributed by atoms with Gasteiger partial charge in [-0.25, -0.2) is 0 Å². The van der Waals surface area contributed by atoms with Gasteiger partial charge in [-0.1, -0.05) is 18.5 Å². The summed E-state index contributed by atoms with van der Waals surface area (Å²) in [5.74, 6) is 0.866. The summed E-state index contributed by atoms with van der Waals surface area (Å²) in [6.07, 6.45) is 2.37. The first-order chi connectivity index (χ1) is 7.90. The first kappa shape index (κ1) is 12.7. The van der Waals surface area contributed by atoms with Crippen molar-refractivity contribution in [3.05, 3.63) is 27.8 Å². The summed E-state index contributed by atoms with van der Waals surface area (Å²) < 4.78 is 5.47. The number of aryl methyl sites for hydroxylation is 1. The lowest BCUT2D eigenvalue weighted by atomic mass is 9.88. The smallest absolute Gasteiger partial charge is 0.124 e. The van der Waals surface area contributed by atoms with E-state index in [0.717, 1.165) is 27.5 Å². The standard InChI is InChI=1S/C14H20ClNO/c1-8-7-10(17-4)11(9(2)12(8)15)13(16)14(3)5-6-14/h7,13H,5-6,16H2,1-4H3. The van der Waals surface area contributed by atoms with Crippen LogP contribution in [0.25, 0.3) is 0 Å². The van der Waals surface area contributed by atoms with Crippen LogP contribution in [0.15, 0.2) is 6.07 Å². The van der Waals surface area contributed by atoms with Gasteiger partial charge in [-0.3, -0.25) is 0 Å². The molecule has 1 aliphatic rings. The Hall–Kier alpha value is -0.730. The molecule has 0 aromatic heterocycles. The van der Waals surface area contributed by atoms with Crippen LogP contribution in [0.1, 0.15) is 42.5 Å². The van der Waals surface area contributed by atoms with Crippen LogP contribution >= 0.6 is 11.6 Å². The van der Waals surface area contributed by atoms with Crippen molar-refractivity contribution in [3.8, 4) is 5.75 Å². The fourth-order valence-corrected chi connectivity index (χ4v) is 2.50. The molecule has 1 saturated carbocycles. The molecule has 0 aliphatic heterocycles. The lowest BCUT2D eigenvalue weighted by Crippen LogP contribution is -2.22. The minimum absolute atomic E-state index is 0.00977. The van der Waals surface area contributed by atoms with Crippen LogP contribution in [-0.2, 0) is 0 Å². The average Bonchev–Trinajstić information content (AvgIpc) is 3.04. The summed E-state index contributed by atoms with van der Waals surface area (Å²) in [6, 6.07) is 1.99. The van der Waals surface area contributed by atoms with Gasteiger partial charge in [0.15, 0.2) is 0 Å². The normalized spacial score (nSPS) is 18.9. The third kappa shape index (κ3) is 2.04.